The number of halogens is 3. The van der Waals surface area contributed by atoms with Crippen molar-refractivity contribution in [1.29, 1.82) is 0 Å². The number of sulfonamides is 1. The molecular weight excluding hydrogens is 475 g/mol. The summed E-state index contributed by atoms with van der Waals surface area (Å²) in [5.41, 5.74) is 0.235. The molecule has 30 heavy (non-hydrogen) atoms. The number of benzene rings is 2. The van der Waals surface area contributed by atoms with Gasteiger partial charge in [-0.25, -0.2) is 18.2 Å². The number of carbonyl (C=O) groups is 1. The summed E-state index contributed by atoms with van der Waals surface area (Å²) in [5, 5.41) is 0.479. The Bertz CT molecular complexity index is 1220. The number of esters is 1. The summed E-state index contributed by atoms with van der Waals surface area (Å²) in [7, 11) is -2.80. The molecular formula is C19H13Cl3N2O5S. The van der Waals surface area contributed by atoms with E-state index in [2.05, 4.69) is 14.4 Å². The van der Waals surface area contributed by atoms with E-state index in [1.54, 1.807) is 18.2 Å². The van der Waals surface area contributed by atoms with Crippen molar-refractivity contribution < 1.29 is 22.7 Å². The molecule has 0 amide bonds. The fourth-order valence-corrected chi connectivity index (χ4v) is 3.94. The minimum Gasteiger partial charge on any atom is -0.465 e. The van der Waals surface area contributed by atoms with Crippen molar-refractivity contribution in [1.82, 2.24) is 4.98 Å². The van der Waals surface area contributed by atoms with Gasteiger partial charge in [-0.1, -0.05) is 40.9 Å². The lowest BCUT2D eigenvalue weighted by molar-refractivity contribution is 0.0600. The zero-order valence-electron chi connectivity index (χ0n) is 15.2. The van der Waals surface area contributed by atoms with Crippen LogP contribution in [0.15, 0.2) is 59.6 Å². The number of rotatable bonds is 6. The average molecular weight is 488 g/mol. The summed E-state index contributed by atoms with van der Waals surface area (Å²) >= 11 is 17.7. The van der Waals surface area contributed by atoms with Crippen LogP contribution in [0.5, 0.6) is 11.6 Å². The number of hydrogen-bond acceptors (Lipinski definition) is 6. The van der Waals surface area contributed by atoms with E-state index in [9.17, 15) is 13.2 Å². The van der Waals surface area contributed by atoms with Gasteiger partial charge >= 0.3 is 5.97 Å². The molecule has 0 unspecified atom stereocenters. The fourth-order valence-electron chi connectivity index (χ4n) is 2.34. The second-order valence-corrected chi connectivity index (χ2v) is 8.74. The Morgan fingerprint density at radius 3 is 2.50 bits per heavy atom. The Hall–Kier alpha value is -2.52. The molecule has 0 saturated heterocycles. The molecule has 0 spiro atoms. The maximum atomic E-state index is 12.8. The summed E-state index contributed by atoms with van der Waals surface area (Å²) in [4.78, 5) is 15.6. The van der Waals surface area contributed by atoms with Crippen LogP contribution >= 0.6 is 34.8 Å². The minimum absolute atomic E-state index is 0.0166. The second-order valence-electron chi connectivity index (χ2n) is 5.81. The van der Waals surface area contributed by atoms with E-state index in [-0.39, 0.29) is 42.8 Å². The van der Waals surface area contributed by atoms with E-state index >= 15 is 0 Å². The number of carbonyl (C=O) groups excluding carboxylic acids is 1. The normalized spacial score (nSPS) is 11.1. The first kappa shape index (κ1) is 22.2. The van der Waals surface area contributed by atoms with Gasteiger partial charge in [-0.15, -0.1) is 0 Å². The number of hydrogen-bond donors (Lipinski definition) is 1. The zero-order valence-corrected chi connectivity index (χ0v) is 18.3. The van der Waals surface area contributed by atoms with Crippen LogP contribution in [0.3, 0.4) is 0 Å². The first-order valence-corrected chi connectivity index (χ1v) is 10.8. The molecule has 0 bridgehead atoms. The van der Waals surface area contributed by atoms with Crippen molar-refractivity contribution in [3.05, 3.63) is 75.4 Å². The molecule has 0 aliphatic carbocycles. The van der Waals surface area contributed by atoms with Crippen molar-refractivity contribution in [2.75, 3.05) is 11.8 Å². The Morgan fingerprint density at radius 2 is 1.80 bits per heavy atom. The van der Waals surface area contributed by atoms with Crippen molar-refractivity contribution in [2.24, 2.45) is 0 Å². The largest absolute Gasteiger partial charge is 0.465 e. The number of aromatic nitrogens is 1. The Labute approximate surface area is 187 Å². The van der Waals surface area contributed by atoms with Gasteiger partial charge in [0.2, 0.25) is 5.88 Å². The van der Waals surface area contributed by atoms with E-state index in [0.29, 0.717) is 0 Å². The van der Waals surface area contributed by atoms with Gasteiger partial charge in [0, 0.05) is 6.20 Å². The summed E-state index contributed by atoms with van der Waals surface area (Å²) in [5.74, 6) is -0.391. The highest BCUT2D eigenvalue weighted by molar-refractivity contribution is 7.92. The molecule has 7 nitrogen and oxygen atoms in total. The third kappa shape index (κ3) is 5.14. The van der Waals surface area contributed by atoms with Crippen LogP contribution in [-0.2, 0) is 14.8 Å². The molecule has 11 heteroatoms. The third-order valence-electron chi connectivity index (χ3n) is 3.73. The topological polar surface area (TPSA) is 94.6 Å². The van der Waals surface area contributed by atoms with E-state index in [1.165, 1.54) is 43.6 Å². The van der Waals surface area contributed by atoms with Gasteiger partial charge in [-0.3, -0.25) is 4.72 Å². The van der Waals surface area contributed by atoms with Crippen molar-refractivity contribution in [3.8, 4) is 11.6 Å². The molecule has 1 aromatic heterocycles. The number of nitrogens with one attached hydrogen (secondary N) is 1. The molecule has 156 valence electrons. The van der Waals surface area contributed by atoms with Gasteiger partial charge in [-0.05, 0) is 42.5 Å². The molecule has 0 radical (unpaired) electrons. The number of anilines is 1. The predicted octanol–water partition coefficient (Wildman–Crippen LogP) is 5.42. The van der Waals surface area contributed by atoms with Crippen LogP contribution in [0.2, 0.25) is 15.1 Å². The second kappa shape index (κ2) is 9.09. The minimum atomic E-state index is -4.06. The summed E-state index contributed by atoms with van der Waals surface area (Å²) in [6.45, 7) is 0. The quantitative estimate of drug-likeness (QED) is 0.466. The average Bonchev–Trinajstić information content (AvgIpc) is 2.71. The van der Waals surface area contributed by atoms with Crippen molar-refractivity contribution in [2.45, 2.75) is 4.90 Å². The molecule has 0 saturated carbocycles. The van der Waals surface area contributed by atoms with Crippen molar-refractivity contribution in [3.63, 3.8) is 0 Å². The zero-order chi connectivity index (χ0) is 21.9. The predicted molar refractivity (Wildman–Crippen MR) is 114 cm³/mol. The maximum absolute atomic E-state index is 12.8. The molecule has 3 aromatic rings. The van der Waals surface area contributed by atoms with Crippen LogP contribution in [0, 0.1) is 0 Å². The highest BCUT2D eigenvalue weighted by atomic mass is 35.5. The lowest BCUT2D eigenvalue weighted by Crippen LogP contribution is -2.14. The SMILES string of the molecule is COC(=O)c1cccc(Oc2ncc(Cl)cc2NS(=O)(=O)c2ccc(Cl)c(Cl)c2)c1. The molecule has 0 fully saturated rings. The van der Waals surface area contributed by atoms with E-state index in [4.69, 9.17) is 39.5 Å². The smallest absolute Gasteiger partial charge is 0.337 e. The van der Waals surface area contributed by atoms with Gasteiger partial charge in [-0.2, -0.15) is 0 Å². The van der Waals surface area contributed by atoms with Gasteiger partial charge in [0.15, 0.2) is 0 Å². The van der Waals surface area contributed by atoms with Crippen LogP contribution in [0.1, 0.15) is 10.4 Å². The lowest BCUT2D eigenvalue weighted by Gasteiger charge is -2.13. The van der Waals surface area contributed by atoms with E-state index in [0.717, 1.165) is 0 Å². The fraction of sp³-hybridized carbons (Fsp3) is 0.0526. The molecule has 0 aliphatic heterocycles. The Balaban J connectivity index is 1.94. The first-order chi connectivity index (χ1) is 14.2. The Kier molecular flexibility index (Phi) is 6.72. The number of pyridine rings is 1. The summed E-state index contributed by atoms with van der Waals surface area (Å²) in [6.07, 6.45) is 1.29. The molecule has 1 heterocycles. The number of nitrogens with zero attached hydrogens (tertiary/aromatic N) is 1. The van der Waals surface area contributed by atoms with Gasteiger partial charge < -0.3 is 9.47 Å². The summed E-state index contributed by atoms with van der Waals surface area (Å²) < 4.78 is 38.2. The summed E-state index contributed by atoms with van der Waals surface area (Å²) in [6, 6.07) is 11.3. The molecule has 1 N–H and O–H groups in total. The van der Waals surface area contributed by atoms with Crippen LogP contribution < -0.4 is 9.46 Å². The lowest BCUT2D eigenvalue weighted by atomic mass is 10.2. The number of methoxy groups -OCH3 is 1. The monoisotopic (exact) mass is 486 g/mol. The first-order valence-electron chi connectivity index (χ1n) is 8.19. The number of ether oxygens (including phenoxy) is 2. The van der Waals surface area contributed by atoms with Crippen LogP contribution in [-0.4, -0.2) is 26.5 Å². The van der Waals surface area contributed by atoms with Gasteiger partial charge in [0.1, 0.15) is 11.4 Å². The van der Waals surface area contributed by atoms with E-state index in [1.807, 2.05) is 0 Å². The molecule has 2 aromatic carbocycles. The standard InChI is InChI=1S/C19H13Cl3N2O5S/c1-28-19(25)11-3-2-4-13(7-11)29-18-17(8-12(20)10-23-18)24-30(26,27)14-5-6-15(21)16(22)9-14/h2-10,24H,1H3. The Morgan fingerprint density at radius 1 is 1.03 bits per heavy atom. The van der Waals surface area contributed by atoms with Crippen LogP contribution in [0.4, 0.5) is 5.69 Å². The van der Waals surface area contributed by atoms with Crippen molar-refractivity contribution >= 4 is 56.5 Å². The third-order valence-corrected chi connectivity index (χ3v) is 6.04. The highest BCUT2D eigenvalue weighted by Gasteiger charge is 2.20. The highest BCUT2D eigenvalue weighted by Crippen LogP contribution is 2.32. The van der Waals surface area contributed by atoms with Gasteiger partial charge in [0.05, 0.1) is 32.6 Å². The van der Waals surface area contributed by atoms with Gasteiger partial charge in [0.25, 0.3) is 10.0 Å². The molecule has 3 rings (SSSR count). The molecule has 0 atom stereocenters. The van der Waals surface area contributed by atoms with E-state index < -0.39 is 16.0 Å². The molecule has 0 aliphatic rings. The maximum Gasteiger partial charge on any atom is 0.337 e. The van der Waals surface area contributed by atoms with Crippen LogP contribution in [0.25, 0.3) is 0 Å².